The van der Waals surface area contributed by atoms with Crippen LogP contribution in [0.25, 0.3) is 5.57 Å². The van der Waals surface area contributed by atoms with Crippen LogP contribution in [0, 0.1) is 5.92 Å². The maximum atomic E-state index is 12.9. The summed E-state index contributed by atoms with van der Waals surface area (Å²) in [5.74, 6) is -0.463. The van der Waals surface area contributed by atoms with Crippen LogP contribution in [0.15, 0.2) is 30.5 Å². The second-order valence-electron chi connectivity index (χ2n) is 7.33. The van der Waals surface area contributed by atoms with E-state index in [9.17, 15) is 9.59 Å². The number of allylic oxidation sites excluding steroid dienone is 1. The minimum atomic E-state index is -0.334. The minimum absolute atomic E-state index is 0.0527. The maximum absolute atomic E-state index is 12.9. The van der Waals surface area contributed by atoms with Crippen molar-refractivity contribution in [1.29, 1.82) is 0 Å². The van der Waals surface area contributed by atoms with Crippen LogP contribution in [0.2, 0.25) is 5.02 Å². The van der Waals surface area contributed by atoms with E-state index in [2.05, 4.69) is 6.92 Å². The molecule has 6 heteroatoms. The summed E-state index contributed by atoms with van der Waals surface area (Å²) < 4.78 is 16.7. The molecule has 152 valence electrons. The third kappa shape index (κ3) is 5.15. The van der Waals surface area contributed by atoms with Crippen LogP contribution in [0.4, 0.5) is 0 Å². The van der Waals surface area contributed by atoms with Crippen molar-refractivity contribution < 1.29 is 23.8 Å². The van der Waals surface area contributed by atoms with Crippen molar-refractivity contribution in [3.8, 4) is 0 Å². The van der Waals surface area contributed by atoms with Crippen molar-refractivity contribution in [2.75, 3.05) is 13.2 Å². The van der Waals surface area contributed by atoms with Crippen molar-refractivity contribution in [3.05, 3.63) is 41.1 Å². The molecule has 1 fully saturated rings. The second kappa shape index (κ2) is 10.1. The summed E-state index contributed by atoms with van der Waals surface area (Å²) in [5.41, 5.74) is 1.23. The quantitative estimate of drug-likeness (QED) is 0.467. The van der Waals surface area contributed by atoms with Crippen LogP contribution >= 0.6 is 11.6 Å². The fourth-order valence-electron chi connectivity index (χ4n) is 3.75. The molecular formula is C22H27ClO5. The Morgan fingerprint density at radius 3 is 2.86 bits per heavy atom. The summed E-state index contributed by atoms with van der Waals surface area (Å²) in [4.78, 5) is 24.7. The molecule has 3 rings (SSSR count). The monoisotopic (exact) mass is 406 g/mol. The molecule has 1 saturated carbocycles. The first-order chi connectivity index (χ1) is 13.6. The number of esters is 1. The molecule has 1 heterocycles. The van der Waals surface area contributed by atoms with E-state index in [1.165, 1.54) is 6.26 Å². The highest BCUT2D eigenvalue weighted by molar-refractivity contribution is 6.35. The first-order valence-electron chi connectivity index (χ1n) is 10.0. The molecule has 28 heavy (non-hydrogen) atoms. The number of ketones is 1. The lowest BCUT2D eigenvalue weighted by Crippen LogP contribution is -2.41. The number of hydrogen-bond donors (Lipinski definition) is 0. The number of ether oxygens (including phenoxy) is 3. The SMILES string of the molecule is CCCCCOC(=O)COC1CCC2C(=O)C(c3ccccc3Cl)=COC2C1. The maximum Gasteiger partial charge on any atom is 0.332 e. The van der Waals surface area contributed by atoms with Gasteiger partial charge in [0, 0.05) is 17.0 Å². The van der Waals surface area contributed by atoms with Crippen LogP contribution in [0.1, 0.15) is 51.0 Å². The predicted molar refractivity (Wildman–Crippen MR) is 107 cm³/mol. The summed E-state index contributed by atoms with van der Waals surface area (Å²) in [6, 6.07) is 7.29. The zero-order valence-electron chi connectivity index (χ0n) is 16.2. The first-order valence-corrected chi connectivity index (χ1v) is 10.4. The molecule has 1 aliphatic heterocycles. The molecule has 1 aromatic carbocycles. The summed E-state index contributed by atoms with van der Waals surface area (Å²) in [6.07, 6.45) is 6.19. The number of halogens is 1. The molecule has 0 aromatic heterocycles. The lowest BCUT2D eigenvalue weighted by molar-refractivity contribution is -0.154. The molecule has 3 atom stereocenters. The summed E-state index contributed by atoms with van der Waals surface area (Å²) in [6.45, 7) is 2.49. The highest BCUT2D eigenvalue weighted by Crippen LogP contribution is 2.38. The highest BCUT2D eigenvalue weighted by atomic mass is 35.5. The van der Waals surface area contributed by atoms with Gasteiger partial charge in [0.1, 0.15) is 12.7 Å². The smallest absolute Gasteiger partial charge is 0.332 e. The van der Waals surface area contributed by atoms with Gasteiger partial charge in [-0.1, -0.05) is 49.6 Å². The van der Waals surface area contributed by atoms with Crippen LogP contribution < -0.4 is 0 Å². The molecule has 1 aromatic rings. The van der Waals surface area contributed by atoms with Gasteiger partial charge in [0.25, 0.3) is 0 Å². The van der Waals surface area contributed by atoms with Crippen LogP contribution in [0.3, 0.4) is 0 Å². The topological polar surface area (TPSA) is 61.8 Å². The normalized spacial score (nSPS) is 24.1. The number of rotatable bonds is 8. The van der Waals surface area contributed by atoms with E-state index in [0.717, 1.165) is 25.7 Å². The Kier molecular flexibility index (Phi) is 7.51. The lowest BCUT2D eigenvalue weighted by atomic mass is 9.78. The molecule has 3 unspecified atom stereocenters. The van der Waals surface area contributed by atoms with Gasteiger partial charge in [-0.3, -0.25) is 4.79 Å². The number of fused-ring (bicyclic) bond motifs is 1. The summed E-state index contributed by atoms with van der Waals surface area (Å²) in [5, 5.41) is 0.540. The Hall–Kier alpha value is -1.85. The minimum Gasteiger partial charge on any atom is -0.496 e. The fourth-order valence-corrected chi connectivity index (χ4v) is 3.99. The van der Waals surface area contributed by atoms with E-state index in [0.29, 0.717) is 35.6 Å². The average Bonchev–Trinajstić information content (AvgIpc) is 2.71. The number of carbonyl (C=O) groups excluding carboxylic acids is 2. The zero-order chi connectivity index (χ0) is 19.9. The number of benzene rings is 1. The van der Waals surface area contributed by atoms with E-state index < -0.39 is 0 Å². The summed E-state index contributed by atoms with van der Waals surface area (Å²) in [7, 11) is 0. The van der Waals surface area contributed by atoms with Crippen LogP contribution in [-0.2, 0) is 23.8 Å². The van der Waals surface area contributed by atoms with Crippen LogP contribution in [-0.4, -0.2) is 37.2 Å². The molecular weight excluding hydrogens is 380 g/mol. The Morgan fingerprint density at radius 1 is 1.25 bits per heavy atom. The van der Waals surface area contributed by atoms with Gasteiger partial charge in [-0.05, 0) is 25.3 Å². The Bertz CT molecular complexity index is 729. The molecule has 0 spiro atoms. The van der Waals surface area contributed by atoms with E-state index in [-0.39, 0.29) is 36.5 Å². The van der Waals surface area contributed by atoms with Gasteiger partial charge >= 0.3 is 5.97 Å². The zero-order valence-corrected chi connectivity index (χ0v) is 17.0. The first kappa shape index (κ1) is 20.9. The van der Waals surface area contributed by atoms with Gasteiger partial charge in [0.15, 0.2) is 5.78 Å². The molecule has 1 aliphatic carbocycles. The molecule has 0 amide bonds. The van der Waals surface area contributed by atoms with E-state index in [1.807, 2.05) is 18.2 Å². The van der Waals surface area contributed by atoms with Gasteiger partial charge in [0.05, 0.1) is 30.5 Å². The van der Waals surface area contributed by atoms with Gasteiger partial charge in [-0.25, -0.2) is 4.79 Å². The van der Waals surface area contributed by atoms with Crippen molar-refractivity contribution in [3.63, 3.8) is 0 Å². The number of hydrogen-bond acceptors (Lipinski definition) is 5. The van der Waals surface area contributed by atoms with Crippen LogP contribution in [0.5, 0.6) is 0 Å². The van der Waals surface area contributed by atoms with Crippen molar-refractivity contribution >= 4 is 28.9 Å². The Morgan fingerprint density at radius 2 is 2.07 bits per heavy atom. The lowest BCUT2D eigenvalue weighted by Gasteiger charge is -2.37. The van der Waals surface area contributed by atoms with Gasteiger partial charge < -0.3 is 14.2 Å². The third-order valence-corrected chi connectivity index (χ3v) is 5.65. The van der Waals surface area contributed by atoms with E-state index in [4.69, 9.17) is 25.8 Å². The van der Waals surface area contributed by atoms with Gasteiger partial charge in [-0.15, -0.1) is 0 Å². The molecule has 0 bridgehead atoms. The number of carbonyl (C=O) groups is 2. The highest BCUT2D eigenvalue weighted by Gasteiger charge is 2.41. The van der Waals surface area contributed by atoms with Crippen molar-refractivity contribution in [2.24, 2.45) is 5.92 Å². The predicted octanol–water partition coefficient (Wildman–Crippen LogP) is 4.57. The molecule has 5 nitrogen and oxygen atoms in total. The summed E-state index contributed by atoms with van der Waals surface area (Å²) >= 11 is 6.23. The molecule has 0 N–H and O–H groups in total. The van der Waals surface area contributed by atoms with Crippen molar-refractivity contribution in [1.82, 2.24) is 0 Å². The average molecular weight is 407 g/mol. The van der Waals surface area contributed by atoms with E-state index in [1.54, 1.807) is 6.07 Å². The third-order valence-electron chi connectivity index (χ3n) is 5.32. The van der Waals surface area contributed by atoms with Gasteiger partial charge in [0.2, 0.25) is 0 Å². The standard InChI is InChI=1S/C22H27ClO5/c1-2-3-6-11-26-21(24)14-27-15-9-10-17-20(12-15)28-13-18(22(17)25)16-7-4-5-8-19(16)23/h4-5,7-8,13,15,17,20H,2-3,6,9-12,14H2,1H3. The second-order valence-corrected chi connectivity index (χ2v) is 7.74. The Balaban J connectivity index is 1.51. The van der Waals surface area contributed by atoms with E-state index >= 15 is 0 Å². The van der Waals surface area contributed by atoms with Gasteiger partial charge in [-0.2, -0.15) is 0 Å². The molecule has 0 saturated heterocycles. The largest absolute Gasteiger partial charge is 0.496 e. The number of unbranched alkanes of at least 4 members (excludes halogenated alkanes) is 2. The fraction of sp³-hybridized carbons (Fsp3) is 0.545. The number of Topliss-reactive ketones (excluding diaryl/α,β-unsaturated/α-hetero) is 1. The molecule has 2 aliphatic rings. The Labute approximate surface area is 171 Å². The van der Waals surface area contributed by atoms with Crippen molar-refractivity contribution in [2.45, 2.75) is 57.7 Å². The molecule has 0 radical (unpaired) electrons.